The lowest BCUT2D eigenvalue weighted by molar-refractivity contribution is -0.123. The van der Waals surface area contributed by atoms with E-state index in [1.54, 1.807) is 18.5 Å². The van der Waals surface area contributed by atoms with E-state index in [1.165, 1.54) is 11.3 Å². The zero-order valence-corrected chi connectivity index (χ0v) is 25.6. The third-order valence-electron chi connectivity index (χ3n) is 8.22. The van der Waals surface area contributed by atoms with E-state index in [1.807, 2.05) is 44.2 Å². The number of thiazole rings is 1. The average Bonchev–Trinajstić information content (AvgIpc) is 3.60. The van der Waals surface area contributed by atoms with Crippen LogP contribution in [0.5, 0.6) is 0 Å². The fraction of sp³-hybridized carbons (Fsp3) is 0.438. The van der Waals surface area contributed by atoms with Gasteiger partial charge in [-0.1, -0.05) is 23.5 Å². The Balaban J connectivity index is 0.957. The van der Waals surface area contributed by atoms with Crippen LogP contribution in [0.15, 0.2) is 48.8 Å². The van der Waals surface area contributed by atoms with Crippen LogP contribution in [0.2, 0.25) is 0 Å². The summed E-state index contributed by atoms with van der Waals surface area (Å²) in [5.41, 5.74) is 3.88. The minimum absolute atomic E-state index is 0.0230. The first-order valence-corrected chi connectivity index (χ1v) is 15.9. The molecule has 0 radical (unpaired) electrons. The summed E-state index contributed by atoms with van der Waals surface area (Å²) >= 11 is 1.44. The molecule has 4 N–H and O–H groups in total. The van der Waals surface area contributed by atoms with Gasteiger partial charge in [0, 0.05) is 48.2 Å². The fourth-order valence-corrected chi connectivity index (χ4v) is 6.57. The zero-order valence-electron chi connectivity index (χ0n) is 24.8. The minimum Gasteiger partial charge on any atom is -0.390 e. The van der Waals surface area contributed by atoms with E-state index < -0.39 is 6.10 Å². The minimum atomic E-state index is -0.401. The maximum Gasteiger partial charge on any atom is 0.269 e. The number of hydrogen-bond donors (Lipinski definition) is 4. The molecule has 0 aliphatic heterocycles. The molecule has 2 aliphatic carbocycles. The number of hydrogen-bond acceptors (Lipinski definition) is 10. The van der Waals surface area contributed by atoms with Crippen LogP contribution in [0.25, 0.3) is 21.3 Å². The van der Waals surface area contributed by atoms with Crippen molar-refractivity contribution in [3.8, 4) is 11.1 Å². The highest BCUT2D eigenvalue weighted by atomic mass is 32.1. The normalized spacial score (nSPS) is 22.0. The number of aliphatic hydroxyl groups excluding tert-OH is 1. The van der Waals surface area contributed by atoms with Crippen molar-refractivity contribution in [1.29, 1.82) is 0 Å². The van der Waals surface area contributed by atoms with Gasteiger partial charge in [-0.25, -0.2) is 19.9 Å². The van der Waals surface area contributed by atoms with Crippen molar-refractivity contribution < 1.29 is 19.4 Å². The number of aryl methyl sites for hydroxylation is 1. The lowest BCUT2D eigenvalue weighted by atomic mass is 9.79. The first kappa shape index (κ1) is 30.2. The number of aromatic nitrogens is 4. The highest BCUT2D eigenvalue weighted by Crippen LogP contribution is 2.33. The maximum absolute atomic E-state index is 12.9. The van der Waals surface area contributed by atoms with Gasteiger partial charge in [-0.05, 0) is 75.8 Å². The van der Waals surface area contributed by atoms with Crippen LogP contribution in [0.3, 0.4) is 0 Å². The summed E-state index contributed by atoms with van der Waals surface area (Å²) in [6.07, 6.45) is 7.12. The topological polar surface area (TPSA) is 151 Å². The number of carbonyl (C=O) groups is 2. The molecule has 0 bridgehead atoms. The number of benzene rings is 1. The van der Waals surface area contributed by atoms with E-state index in [0.717, 1.165) is 59.1 Å². The van der Waals surface area contributed by atoms with Crippen LogP contribution < -0.4 is 16.0 Å². The molecule has 0 unspecified atom stereocenters. The quantitative estimate of drug-likeness (QED) is 0.196. The Labute approximate surface area is 259 Å². The highest BCUT2D eigenvalue weighted by molar-refractivity contribution is 7.22. The first-order chi connectivity index (χ1) is 21.3. The molecule has 12 heteroatoms. The number of anilines is 1. The van der Waals surface area contributed by atoms with E-state index >= 15 is 0 Å². The number of aliphatic hydroxyl groups is 1. The second-order valence-electron chi connectivity index (χ2n) is 11.7. The van der Waals surface area contributed by atoms with Gasteiger partial charge in [0.25, 0.3) is 5.91 Å². The van der Waals surface area contributed by atoms with E-state index in [2.05, 4.69) is 35.9 Å². The Bertz CT molecular complexity index is 1620. The largest absolute Gasteiger partial charge is 0.390 e. The van der Waals surface area contributed by atoms with Crippen molar-refractivity contribution in [2.75, 3.05) is 11.9 Å². The van der Waals surface area contributed by atoms with Crippen LogP contribution in [-0.2, 0) is 16.1 Å². The van der Waals surface area contributed by atoms with E-state index in [0.29, 0.717) is 23.2 Å². The van der Waals surface area contributed by atoms with Crippen molar-refractivity contribution >= 4 is 38.5 Å². The molecule has 3 aromatic heterocycles. The summed E-state index contributed by atoms with van der Waals surface area (Å²) in [4.78, 5) is 43.0. The second kappa shape index (κ2) is 13.4. The molecule has 3 atom stereocenters. The van der Waals surface area contributed by atoms with Crippen molar-refractivity contribution in [1.82, 2.24) is 30.6 Å². The lowest BCUT2D eigenvalue weighted by Crippen LogP contribution is -2.51. The molecule has 2 saturated carbocycles. The Morgan fingerprint density at radius 1 is 1.09 bits per heavy atom. The molecule has 2 aliphatic rings. The molecule has 11 nitrogen and oxygen atoms in total. The van der Waals surface area contributed by atoms with Crippen LogP contribution in [0.1, 0.15) is 61.0 Å². The summed E-state index contributed by atoms with van der Waals surface area (Å²) in [5.74, 6) is 0.293. The Morgan fingerprint density at radius 2 is 1.91 bits per heavy atom. The van der Waals surface area contributed by atoms with Gasteiger partial charge >= 0.3 is 0 Å². The molecule has 44 heavy (non-hydrogen) atoms. The molecule has 6 rings (SSSR count). The van der Waals surface area contributed by atoms with Gasteiger partial charge in [-0.15, -0.1) is 0 Å². The molecule has 3 heterocycles. The summed E-state index contributed by atoms with van der Waals surface area (Å²) < 4.78 is 6.75. The summed E-state index contributed by atoms with van der Waals surface area (Å²) in [6, 6.07) is 11.6. The van der Waals surface area contributed by atoms with Gasteiger partial charge in [0.2, 0.25) is 5.91 Å². The maximum atomic E-state index is 12.9. The van der Waals surface area contributed by atoms with Gasteiger partial charge in [0.15, 0.2) is 11.0 Å². The monoisotopic (exact) mass is 615 g/mol. The molecular formula is C32H37N7O4S. The third kappa shape index (κ3) is 7.27. The van der Waals surface area contributed by atoms with Gasteiger partial charge in [-0.2, -0.15) is 0 Å². The van der Waals surface area contributed by atoms with Gasteiger partial charge in [0.1, 0.15) is 12.3 Å². The van der Waals surface area contributed by atoms with Crippen molar-refractivity contribution in [3.05, 3.63) is 66.0 Å². The van der Waals surface area contributed by atoms with Crippen molar-refractivity contribution in [2.24, 2.45) is 5.92 Å². The van der Waals surface area contributed by atoms with Crippen LogP contribution >= 0.6 is 11.3 Å². The molecule has 0 spiro atoms. The smallest absolute Gasteiger partial charge is 0.269 e. The number of fused-ring (bicyclic) bond motifs is 1. The Morgan fingerprint density at radius 3 is 2.66 bits per heavy atom. The zero-order chi connectivity index (χ0) is 30.6. The summed E-state index contributed by atoms with van der Waals surface area (Å²) in [6.45, 7) is 4.63. The third-order valence-corrected chi connectivity index (χ3v) is 9.15. The predicted molar refractivity (Wildman–Crippen MR) is 168 cm³/mol. The Kier molecular flexibility index (Phi) is 9.22. The van der Waals surface area contributed by atoms with Crippen LogP contribution in [0, 0.1) is 12.8 Å². The molecular weight excluding hydrogens is 578 g/mol. The molecule has 2 fully saturated rings. The molecule has 1 aromatic carbocycles. The summed E-state index contributed by atoms with van der Waals surface area (Å²) in [5, 5.41) is 19.9. The number of nitrogens with one attached hydrogen (secondary N) is 3. The molecule has 230 valence electrons. The molecule has 4 aromatic rings. The predicted octanol–water partition coefficient (Wildman–Crippen LogP) is 4.01. The lowest BCUT2D eigenvalue weighted by Gasteiger charge is -2.36. The van der Waals surface area contributed by atoms with Crippen LogP contribution in [-0.4, -0.2) is 67.7 Å². The standard InChI is InChI=1S/C32H37N7O4S/c1-18-5-3-6-25(37-18)31(42)35-14-19(2)36-23-11-21(12-23)30(41)39-32-38-24-10-9-20(13-28(24)44-32)22-15-33-29(34-16-22)17-43-27-8-4-7-26(27)40/h3,5-6,9-10,13,15-16,19,21,23,26-27,36,40H,4,7-8,11-12,14,17H2,1-2H3,(H,35,42)(H,38,39,41)/t19-,21-,23+,26-,27-/m0/s1. The van der Waals surface area contributed by atoms with Gasteiger partial charge in [0.05, 0.1) is 22.4 Å². The van der Waals surface area contributed by atoms with Crippen molar-refractivity contribution in [2.45, 2.75) is 76.9 Å². The fourth-order valence-electron chi connectivity index (χ4n) is 5.66. The number of amides is 2. The number of nitrogens with zero attached hydrogens (tertiary/aromatic N) is 4. The SMILES string of the molecule is Cc1cccc(C(=O)NC[C@H](C)N[C@H]2C[C@@H](C(=O)Nc3nc4ccc(-c5cnc(CO[C@H]6CCC[C@@H]6O)nc5)cc4s3)C2)n1. The second-order valence-corrected chi connectivity index (χ2v) is 12.8. The van der Waals surface area contributed by atoms with E-state index in [-0.39, 0.29) is 42.5 Å². The van der Waals surface area contributed by atoms with Gasteiger partial charge in [-0.3, -0.25) is 9.59 Å². The number of pyridine rings is 1. The molecule has 0 saturated heterocycles. The molecule has 2 amide bonds. The Hall–Kier alpha value is -3.84. The first-order valence-electron chi connectivity index (χ1n) is 15.1. The summed E-state index contributed by atoms with van der Waals surface area (Å²) in [7, 11) is 0. The number of rotatable bonds is 11. The number of ether oxygens (including phenoxy) is 1. The van der Waals surface area contributed by atoms with Gasteiger partial charge < -0.3 is 25.8 Å². The van der Waals surface area contributed by atoms with Crippen LogP contribution in [0.4, 0.5) is 5.13 Å². The average molecular weight is 616 g/mol. The van der Waals surface area contributed by atoms with E-state index in [9.17, 15) is 14.7 Å². The highest BCUT2D eigenvalue weighted by Gasteiger charge is 2.35. The van der Waals surface area contributed by atoms with E-state index in [4.69, 9.17) is 4.74 Å². The number of carbonyl (C=O) groups excluding carboxylic acids is 2. The van der Waals surface area contributed by atoms with Crippen molar-refractivity contribution in [3.63, 3.8) is 0 Å².